The van der Waals surface area contributed by atoms with Gasteiger partial charge in [-0.25, -0.2) is 4.39 Å². The van der Waals surface area contributed by atoms with Crippen LogP contribution in [0.15, 0.2) is 41.8 Å². The van der Waals surface area contributed by atoms with Crippen molar-refractivity contribution in [3.8, 4) is 0 Å². The molecule has 0 bridgehead atoms. The van der Waals surface area contributed by atoms with Crippen molar-refractivity contribution >= 4 is 11.7 Å². The van der Waals surface area contributed by atoms with Gasteiger partial charge in [-0.3, -0.25) is 14.4 Å². The van der Waals surface area contributed by atoms with Crippen LogP contribution >= 0.6 is 0 Å². The summed E-state index contributed by atoms with van der Waals surface area (Å²) >= 11 is 0. The van der Waals surface area contributed by atoms with E-state index in [1.807, 2.05) is 19.4 Å². The van der Waals surface area contributed by atoms with E-state index in [0.29, 0.717) is 25.7 Å². The number of oxime groups is 1. The number of hydrogen-bond donors (Lipinski definition) is 1. The van der Waals surface area contributed by atoms with Crippen LogP contribution in [0.3, 0.4) is 0 Å². The Kier molecular flexibility index (Phi) is 5.36. The van der Waals surface area contributed by atoms with E-state index in [4.69, 9.17) is 4.84 Å². The normalized spacial score (nSPS) is 21.6. The molecule has 0 aliphatic carbocycles. The van der Waals surface area contributed by atoms with Crippen molar-refractivity contribution in [1.82, 2.24) is 14.7 Å². The number of aromatic nitrogens is 2. The van der Waals surface area contributed by atoms with Crippen molar-refractivity contribution in [1.29, 1.82) is 0 Å². The van der Waals surface area contributed by atoms with E-state index in [9.17, 15) is 14.3 Å². The molecular formula is C21H25FN4O3. The van der Waals surface area contributed by atoms with Gasteiger partial charge < -0.3 is 9.94 Å². The van der Waals surface area contributed by atoms with Crippen LogP contribution in [0, 0.1) is 11.2 Å². The fourth-order valence-corrected chi connectivity index (χ4v) is 4.24. The van der Waals surface area contributed by atoms with Crippen molar-refractivity contribution in [2.24, 2.45) is 17.6 Å². The van der Waals surface area contributed by atoms with Crippen molar-refractivity contribution in [3.63, 3.8) is 0 Å². The summed E-state index contributed by atoms with van der Waals surface area (Å²) in [6.45, 7) is 2.22. The highest BCUT2D eigenvalue weighted by Crippen LogP contribution is 2.39. The van der Waals surface area contributed by atoms with Gasteiger partial charge >= 0.3 is 5.97 Å². The number of benzene rings is 1. The standard InChI is InChI=1S/C21H25FN4O3/c1-25-13-15(12-23-25)14-26-8-6-21(7-9-26,20(27)28)11-18-10-19(24-29-18)16-2-4-17(22)5-3-16/h2-5,12-13,18H,6-11,14H2,1H3,(H,27,28). The molecule has 0 amide bonds. The van der Waals surface area contributed by atoms with E-state index in [2.05, 4.69) is 15.2 Å². The Morgan fingerprint density at radius 3 is 2.66 bits per heavy atom. The Morgan fingerprint density at radius 1 is 1.31 bits per heavy atom. The molecular weight excluding hydrogens is 375 g/mol. The fraction of sp³-hybridized carbons (Fsp3) is 0.476. The molecule has 29 heavy (non-hydrogen) atoms. The van der Waals surface area contributed by atoms with Crippen LogP contribution in [-0.2, 0) is 23.2 Å². The van der Waals surface area contributed by atoms with Gasteiger partial charge in [0.05, 0.1) is 17.3 Å². The third-order valence-electron chi connectivity index (χ3n) is 5.96. The van der Waals surface area contributed by atoms with E-state index in [0.717, 1.165) is 36.5 Å². The Labute approximate surface area is 168 Å². The van der Waals surface area contributed by atoms with Gasteiger partial charge in [0.15, 0.2) is 0 Å². The number of nitrogens with zero attached hydrogens (tertiary/aromatic N) is 4. The zero-order valence-corrected chi connectivity index (χ0v) is 16.4. The highest BCUT2D eigenvalue weighted by Gasteiger charge is 2.44. The summed E-state index contributed by atoms with van der Waals surface area (Å²) in [5.74, 6) is -1.06. The summed E-state index contributed by atoms with van der Waals surface area (Å²) in [7, 11) is 1.89. The number of aryl methyl sites for hydroxylation is 1. The molecule has 1 saturated heterocycles. The zero-order valence-electron chi connectivity index (χ0n) is 16.4. The lowest BCUT2D eigenvalue weighted by molar-refractivity contribution is -0.155. The molecule has 3 heterocycles. The highest BCUT2D eigenvalue weighted by atomic mass is 19.1. The first-order valence-corrected chi connectivity index (χ1v) is 9.85. The second kappa shape index (κ2) is 7.94. The van der Waals surface area contributed by atoms with Gasteiger partial charge in [0.1, 0.15) is 11.9 Å². The summed E-state index contributed by atoms with van der Waals surface area (Å²) in [6.07, 6.45) is 5.69. The number of rotatable bonds is 6. The summed E-state index contributed by atoms with van der Waals surface area (Å²) in [4.78, 5) is 20.0. The van der Waals surface area contributed by atoms with Gasteiger partial charge in [-0.2, -0.15) is 5.10 Å². The Morgan fingerprint density at radius 2 is 2.03 bits per heavy atom. The summed E-state index contributed by atoms with van der Waals surface area (Å²) in [5.41, 5.74) is 1.88. The first kappa shape index (κ1) is 19.6. The first-order valence-electron chi connectivity index (χ1n) is 9.85. The van der Waals surface area contributed by atoms with Crippen LogP contribution < -0.4 is 0 Å². The monoisotopic (exact) mass is 400 g/mol. The summed E-state index contributed by atoms with van der Waals surface area (Å²) in [5, 5.41) is 18.3. The molecule has 0 spiro atoms. The zero-order chi connectivity index (χ0) is 20.4. The molecule has 1 N–H and O–H groups in total. The molecule has 4 rings (SSSR count). The molecule has 1 fully saturated rings. The molecule has 2 aromatic rings. The van der Waals surface area contributed by atoms with E-state index in [1.54, 1.807) is 16.8 Å². The number of piperidine rings is 1. The van der Waals surface area contributed by atoms with Crippen LogP contribution in [0.25, 0.3) is 0 Å². The maximum Gasteiger partial charge on any atom is 0.309 e. The van der Waals surface area contributed by atoms with E-state index >= 15 is 0 Å². The maximum atomic E-state index is 13.1. The van der Waals surface area contributed by atoms with Crippen molar-refractivity contribution < 1.29 is 19.1 Å². The van der Waals surface area contributed by atoms with Gasteiger partial charge in [-0.15, -0.1) is 0 Å². The molecule has 2 aliphatic heterocycles. The number of carbonyl (C=O) groups is 1. The molecule has 1 atom stereocenters. The minimum absolute atomic E-state index is 0.268. The first-order chi connectivity index (χ1) is 13.9. The van der Waals surface area contributed by atoms with Crippen LogP contribution in [0.4, 0.5) is 4.39 Å². The second-order valence-electron chi connectivity index (χ2n) is 8.06. The molecule has 0 saturated carbocycles. The third-order valence-corrected chi connectivity index (χ3v) is 5.96. The Balaban J connectivity index is 1.35. The molecule has 7 nitrogen and oxygen atoms in total. The maximum absolute atomic E-state index is 13.1. The number of hydrogen-bond acceptors (Lipinski definition) is 5. The van der Waals surface area contributed by atoms with E-state index < -0.39 is 11.4 Å². The van der Waals surface area contributed by atoms with Crippen LogP contribution in [0.5, 0.6) is 0 Å². The summed E-state index contributed by atoms with van der Waals surface area (Å²) in [6, 6.07) is 6.12. The topological polar surface area (TPSA) is 80.0 Å². The minimum Gasteiger partial charge on any atom is -0.481 e. The summed E-state index contributed by atoms with van der Waals surface area (Å²) < 4.78 is 14.9. The van der Waals surface area contributed by atoms with E-state index in [1.165, 1.54) is 12.1 Å². The molecule has 8 heteroatoms. The lowest BCUT2D eigenvalue weighted by Crippen LogP contribution is -2.45. The number of aliphatic carboxylic acids is 1. The van der Waals surface area contributed by atoms with Crippen LogP contribution in [0.2, 0.25) is 0 Å². The van der Waals surface area contributed by atoms with Gasteiger partial charge in [0.25, 0.3) is 0 Å². The molecule has 1 unspecified atom stereocenters. The Bertz CT molecular complexity index is 901. The van der Waals surface area contributed by atoms with Crippen LogP contribution in [0.1, 0.15) is 36.8 Å². The van der Waals surface area contributed by atoms with Crippen molar-refractivity contribution in [2.45, 2.75) is 38.3 Å². The number of halogens is 1. The predicted octanol–water partition coefficient (Wildman–Crippen LogP) is 2.81. The largest absolute Gasteiger partial charge is 0.481 e. The molecule has 154 valence electrons. The van der Waals surface area contributed by atoms with E-state index in [-0.39, 0.29) is 11.9 Å². The van der Waals surface area contributed by atoms with Gasteiger partial charge in [0.2, 0.25) is 0 Å². The van der Waals surface area contributed by atoms with Crippen molar-refractivity contribution in [2.75, 3.05) is 13.1 Å². The quantitative estimate of drug-likeness (QED) is 0.807. The average Bonchev–Trinajstić information content (AvgIpc) is 3.33. The SMILES string of the molecule is Cn1cc(CN2CCC(CC3CC(c4ccc(F)cc4)=NO3)(C(=O)O)CC2)cn1. The number of likely N-dealkylation sites (tertiary alicyclic amines) is 1. The number of carboxylic acids is 1. The molecule has 1 aromatic carbocycles. The van der Waals surface area contributed by atoms with Crippen LogP contribution in [-0.4, -0.2) is 50.7 Å². The molecule has 0 radical (unpaired) electrons. The van der Waals surface area contributed by atoms with Gasteiger partial charge in [0, 0.05) is 38.2 Å². The lowest BCUT2D eigenvalue weighted by atomic mass is 9.73. The van der Waals surface area contributed by atoms with Gasteiger partial charge in [-0.05, 0) is 43.6 Å². The molecule has 1 aromatic heterocycles. The minimum atomic E-state index is -0.802. The predicted molar refractivity (Wildman–Crippen MR) is 105 cm³/mol. The van der Waals surface area contributed by atoms with Gasteiger partial charge in [-0.1, -0.05) is 17.3 Å². The second-order valence-corrected chi connectivity index (χ2v) is 8.06. The Hall–Kier alpha value is -2.74. The smallest absolute Gasteiger partial charge is 0.309 e. The lowest BCUT2D eigenvalue weighted by Gasteiger charge is -2.39. The fourth-order valence-electron chi connectivity index (χ4n) is 4.24. The number of carboxylic acid groups (broad SMARTS) is 1. The van der Waals surface area contributed by atoms with Crippen molar-refractivity contribution in [3.05, 3.63) is 53.6 Å². The highest BCUT2D eigenvalue weighted by molar-refractivity contribution is 6.01. The third kappa shape index (κ3) is 4.32. The molecule has 2 aliphatic rings. The average molecular weight is 400 g/mol.